The Morgan fingerprint density at radius 1 is 1.02 bits per heavy atom. The van der Waals surface area contributed by atoms with Crippen LogP contribution >= 0.6 is 0 Å². The van der Waals surface area contributed by atoms with E-state index < -0.39 is 29.7 Å². The molecule has 40 heavy (non-hydrogen) atoms. The lowest BCUT2D eigenvalue weighted by Crippen LogP contribution is -2.55. The predicted molar refractivity (Wildman–Crippen MR) is 157 cm³/mol. The molecule has 0 radical (unpaired) electrons. The van der Waals surface area contributed by atoms with Crippen molar-refractivity contribution in [2.75, 3.05) is 19.7 Å². The van der Waals surface area contributed by atoms with E-state index in [1.807, 2.05) is 45.9 Å². The van der Waals surface area contributed by atoms with Crippen molar-refractivity contribution in [1.29, 1.82) is 0 Å². The van der Waals surface area contributed by atoms with Gasteiger partial charge in [-0.1, -0.05) is 63.8 Å². The molecule has 0 aliphatic heterocycles. The number of nitrogens with one attached hydrogen (secondary N) is 2. The summed E-state index contributed by atoms with van der Waals surface area (Å²) in [6.07, 6.45) is 2.49. The van der Waals surface area contributed by atoms with E-state index in [1.165, 1.54) is 0 Å². The minimum absolute atomic E-state index is 0.0264. The monoisotopic (exact) mass is 561 g/mol. The number of aryl methyl sites for hydroxylation is 2. The second-order valence-electron chi connectivity index (χ2n) is 11.4. The Balaban J connectivity index is 3.54. The Hall–Kier alpha value is -3.10. The van der Waals surface area contributed by atoms with Crippen LogP contribution in [0.5, 0.6) is 0 Å². The fourth-order valence-electron chi connectivity index (χ4n) is 4.32. The van der Waals surface area contributed by atoms with Crippen molar-refractivity contribution in [2.24, 2.45) is 5.92 Å². The van der Waals surface area contributed by atoms with Crippen LogP contribution in [0, 0.1) is 19.8 Å². The molecule has 2 N–H and O–H groups in total. The van der Waals surface area contributed by atoms with Gasteiger partial charge in [0.25, 0.3) is 0 Å². The number of nitrogens with zero attached hydrogens (tertiary/aromatic N) is 1. The van der Waals surface area contributed by atoms with Crippen molar-refractivity contribution < 1.29 is 28.7 Å². The largest absolute Gasteiger partial charge is 0.466 e. The van der Waals surface area contributed by atoms with Gasteiger partial charge < -0.3 is 25.0 Å². The van der Waals surface area contributed by atoms with Crippen LogP contribution in [0.25, 0.3) is 0 Å². The van der Waals surface area contributed by atoms with Crippen molar-refractivity contribution in [3.63, 3.8) is 0 Å². The van der Waals surface area contributed by atoms with E-state index in [1.54, 1.807) is 32.6 Å². The first kappa shape index (κ1) is 34.9. The first-order chi connectivity index (χ1) is 18.7. The Labute approximate surface area is 240 Å². The van der Waals surface area contributed by atoms with Crippen LogP contribution in [0.2, 0.25) is 0 Å². The average molecular weight is 562 g/mol. The van der Waals surface area contributed by atoms with Gasteiger partial charge in [-0.2, -0.15) is 0 Å². The van der Waals surface area contributed by atoms with Crippen LogP contribution in [-0.4, -0.2) is 60.1 Å². The van der Waals surface area contributed by atoms with Gasteiger partial charge in [0.05, 0.1) is 13.0 Å². The summed E-state index contributed by atoms with van der Waals surface area (Å²) < 4.78 is 10.5. The van der Waals surface area contributed by atoms with Crippen LogP contribution in [0.3, 0.4) is 0 Å². The third-order valence-corrected chi connectivity index (χ3v) is 6.66. The van der Waals surface area contributed by atoms with E-state index in [0.717, 1.165) is 24.0 Å². The van der Waals surface area contributed by atoms with E-state index in [0.29, 0.717) is 24.9 Å². The number of benzene rings is 1. The molecule has 0 heterocycles. The van der Waals surface area contributed by atoms with E-state index in [2.05, 4.69) is 17.6 Å². The van der Waals surface area contributed by atoms with Crippen LogP contribution in [-0.2, 0) is 23.9 Å². The molecule has 0 fully saturated rings. The standard InChI is InChI=1S/C31H51N3O6/c1-10-13-14-19-34(29(37)26(22(5)11-2)33-30(38)40-31(7,8)9)27(24-20-21(4)15-16-23(24)6)28(36)32-18-17-25(35)39-12-3/h15-16,20,22,26-27H,10-14,17-19H2,1-9H3,(H,32,36)(H,33,38). The first-order valence-electron chi connectivity index (χ1n) is 14.6. The van der Waals surface area contributed by atoms with Crippen molar-refractivity contribution in [2.45, 2.75) is 112 Å². The molecule has 0 aliphatic rings. The third kappa shape index (κ3) is 11.6. The fourth-order valence-corrected chi connectivity index (χ4v) is 4.32. The highest BCUT2D eigenvalue weighted by Crippen LogP contribution is 2.28. The first-order valence-corrected chi connectivity index (χ1v) is 14.6. The number of hydrogen-bond acceptors (Lipinski definition) is 6. The summed E-state index contributed by atoms with van der Waals surface area (Å²) in [7, 11) is 0. The highest BCUT2D eigenvalue weighted by molar-refractivity contribution is 5.92. The second kappa shape index (κ2) is 16.9. The van der Waals surface area contributed by atoms with Crippen LogP contribution in [0.15, 0.2) is 18.2 Å². The SMILES string of the molecule is CCCCCN(C(=O)C(NC(=O)OC(C)(C)C)C(C)CC)C(C(=O)NCCC(=O)OCC)c1cc(C)ccc1C. The molecule has 0 saturated heterocycles. The summed E-state index contributed by atoms with van der Waals surface area (Å²) in [6, 6.07) is 3.98. The quantitative estimate of drug-likeness (QED) is 0.220. The number of rotatable bonds is 15. The predicted octanol–water partition coefficient (Wildman–Crippen LogP) is 5.37. The van der Waals surface area contributed by atoms with Gasteiger partial charge in [-0.25, -0.2) is 4.79 Å². The van der Waals surface area contributed by atoms with Crippen LogP contribution in [0.4, 0.5) is 4.79 Å². The molecule has 9 heteroatoms. The highest BCUT2D eigenvalue weighted by atomic mass is 16.6. The van der Waals surface area contributed by atoms with Crippen molar-refractivity contribution in [3.8, 4) is 0 Å². The third-order valence-electron chi connectivity index (χ3n) is 6.66. The number of amides is 3. The molecule has 226 valence electrons. The van der Waals surface area contributed by atoms with Crippen LogP contribution < -0.4 is 10.6 Å². The number of carbonyl (C=O) groups is 4. The molecule has 3 unspecified atom stereocenters. The second-order valence-corrected chi connectivity index (χ2v) is 11.4. The number of alkyl carbamates (subject to hydrolysis) is 1. The number of hydrogen-bond donors (Lipinski definition) is 2. The van der Waals surface area contributed by atoms with Gasteiger partial charge in [0.1, 0.15) is 17.7 Å². The molecule has 1 aromatic carbocycles. The molecule has 3 atom stereocenters. The Morgan fingerprint density at radius 3 is 2.27 bits per heavy atom. The smallest absolute Gasteiger partial charge is 0.408 e. The van der Waals surface area contributed by atoms with Crippen molar-refractivity contribution >= 4 is 23.9 Å². The molecule has 1 rings (SSSR count). The lowest BCUT2D eigenvalue weighted by Gasteiger charge is -2.36. The molecule has 1 aromatic rings. The number of carbonyl (C=O) groups excluding carboxylic acids is 4. The summed E-state index contributed by atoms with van der Waals surface area (Å²) in [6.45, 7) is 17.5. The Bertz CT molecular complexity index is 988. The summed E-state index contributed by atoms with van der Waals surface area (Å²) in [5.74, 6) is -1.34. The maximum atomic E-state index is 14.3. The molecule has 0 aliphatic carbocycles. The average Bonchev–Trinajstić information content (AvgIpc) is 2.86. The zero-order valence-electron chi connectivity index (χ0n) is 26.0. The summed E-state index contributed by atoms with van der Waals surface area (Å²) in [5.41, 5.74) is 1.80. The van der Waals surface area contributed by atoms with E-state index >= 15 is 0 Å². The Kier molecular flexibility index (Phi) is 14.7. The minimum Gasteiger partial charge on any atom is -0.466 e. The van der Waals surface area contributed by atoms with Gasteiger partial charge in [-0.15, -0.1) is 0 Å². The fraction of sp³-hybridized carbons (Fsp3) is 0.677. The van der Waals surface area contributed by atoms with E-state index in [9.17, 15) is 19.2 Å². The minimum atomic E-state index is -0.946. The molecule has 3 amide bonds. The Morgan fingerprint density at radius 2 is 1.70 bits per heavy atom. The van der Waals surface area contributed by atoms with E-state index in [-0.39, 0.29) is 37.3 Å². The zero-order valence-corrected chi connectivity index (χ0v) is 26.0. The van der Waals surface area contributed by atoms with Gasteiger partial charge in [-0.05, 0) is 65.0 Å². The zero-order chi connectivity index (χ0) is 30.5. The molecule has 9 nitrogen and oxygen atoms in total. The van der Waals surface area contributed by atoms with Gasteiger partial charge in [0.15, 0.2) is 0 Å². The molecule has 0 bridgehead atoms. The molecule has 0 spiro atoms. The molecule has 0 saturated carbocycles. The molecular formula is C31H51N3O6. The molecular weight excluding hydrogens is 510 g/mol. The maximum Gasteiger partial charge on any atom is 0.408 e. The lowest BCUT2D eigenvalue weighted by atomic mass is 9.93. The summed E-state index contributed by atoms with van der Waals surface area (Å²) in [5, 5.41) is 5.64. The molecule has 0 aromatic heterocycles. The van der Waals surface area contributed by atoms with Gasteiger partial charge >= 0.3 is 12.1 Å². The van der Waals surface area contributed by atoms with Gasteiger partial charge in [-0.3, -0.25) is 14.4 Å². The van der Waals surface area contributed by atoms with Crippen molar-refractivity contribution in [1.82, 2.24) is 15.5 Å². The van der Waals surface area contributed by atoms with Gasteiger partial charge in [0, 0.05) is 13.1 Å². The normalized spacial score (nSPS) is 13.5. The summed E-state index contributed by atoms with van der Waals surface area (Å²) >= 11 is 0. The number of esters is 1. The maximum absolute atomic E-state index is 14.3. The van der Waals surface area contributed by atoms with E-state index in [4.69, 9.17) is 9.47 Å². The topological polar surface area (TPSA) is 114 Å². The van der Waals surface area contributed by atoms with Gasteiger partial charge in [0.2, 0.25) is 11.8 Å². The number of ether oxygens (including phenoxy) is 2. The van der Waals surface area contributed by atoms with Crippen LogP contribution in [0.1, 0.15) is 103 Å². The number of unbranched alkanes of at least 4 members (excludes halogenated alkanes) is 2. The lowest BCUT2D eigenvalue weighted by molar-refractivity contribution is -0.145. The van der Waals surface area contributed by atoms with Crippen molar-refractivity contribution in [3.05, 3.63) is 34.9 Å². The highest BCUT2D eigenvalue weighted by Gasteiger charge is 2.38. The summed E-state index contributed by atoms with van der Waals surface area (Å²) in [4.78, 5) is 54.4.